The molecule has 0 aliphatic carbocycles. The second-order valence-corrected chi connectivity index (χ2v) is 5.69. The van der Waals surface area contributed by atoms with Crippen LogP contribution in [-0.4, -0.2) is 22.1 Å². The van der Waals surface area contributed by atoms with E-state index in [1.54, 1.807) is 13.1 Å². The molecule has 0 spiro atoms. The van der Waals surface area contributed by atoms with Gasteiger partial charge in [0.1, 0.15) is 17.1 Å². The molecule has 0 atom stereocenters. The minimum atomic E-state index is -1.05. The van der Waals surface area contributed by atoms with Gasteiger partial charge in [0.05, 0.1) is 18.1 Å². The smallest absolute Gasteiger partial charge is 0.339 e. The first-order chi connectivity index (χ1) is 9.95. The van der Waals surface area contributed by atoms with Crippen LogP contribution in [0.3, 0.4) is 0 Å². The third-order valence-electron chi connectivity index (χ3n) is 2.71. The Bertz CT molecular complexity index is 662. The van der Waals surface area contributed by atoms with Gasteiger partial charge in [0.25, 0.3) is 0 Å². The molecule has 0 radical (unpaired) electrons. The van der Waals surface area contributed by atoms with Gasteiger partial charge in [-0.25, -0.2) is 14.6 Å². The molecule has 3 N–H and O–H groups in total. The number of aryl methyl sites for hydroxylation is 2. The van der Waals surface area contributed by atoms with Gasteiger partial charge in [-0.15, -0.1) is 11.3 Å². The molecule has 0 bridgehead atoms. The summed E-state index contributed by atoms with van der Waals surface area (Å²) in [6, 6.07) is 1.05. The fraction of sp³-hybridized carbons (Fsp3) is 0.308. The number of aromatic carboxylic acids is 1. The molecule has 2 heterocycles. The standard InChI is InChI=1S/C13H15N3O4S/c1-7-11(12(17)18)3-9(20-7)4-15-13(19)16-6-10-5-14-8(2)21-10/h3,5H,4,6H2,1-2H3,(H,17,18)(H2,15,16,19). The van der Waals surface area contributed by atoms with Crippen molar-refractivity contribution >= 4 is 23.3 Å². The Labute approximate surface area is 125 Å². The second-order valence-electron chi connectivity index (χ2n) is 4.37. The molecule has 0 fully saturated rings. The highest BCUT2D eigenvalue weighted by atomic mass is 32.1. The number of carbonyl (C=O) groups is 2. The average molecular weight is 309 g/mol. The van der Waals surface area contributed by atoms with E-state index in [4.69, 9.17) is 9.52 Å². The van der Waals surface area contributed by atoms with Crippen LogP contribution in [0, 0.1) is 13.8 Å². The van der Waals surface area contributed by atoms with Crippen molar-refractivity contribution in [3.8, 4) is 0 Å². The van der Waals surface area contributed by atoms with E-state index in [-0.39, 0.29) is 18.1 Å². The third-order valence-corrected chi connectivity index (χ3v) is 3.63. The molecule has 2 aromatic heterocycles. The molecule has 0 saturated heterocycles. The van der Waals surface area contributed by atoms with Crippen molar-refractivity contribution in [2.75, 3.05) is 0 Å². The summed E-state index contributed by atoms with van der Waals surface area (Å²) in [5.74, 6) is -0.332. The van der Waals surface area contributed by atoms with Crippen molar-refractivity contribution in [2.24, 2.45) is 0 Å². The van der Waals surface area contributed by atoms with Gasteiger partial charge in [-0.1, -0.05) is 0 Å². The van der Waals surface area contributed by atoms with Crippen LogP contribution >= 0.6 is 11.3 Å². The number of carbonyl (C=O) groups excluding carboxylic acids is 1. The van der Waals surface area contributed by atoms with Crippen LogP contribution in [0.2, 0.25) is 0 Å². The first-order valence-electron chi connectivity index (χ1n) is 6.21. The molecule has 112 valence electrons. The largest absolute Gasteiger partial charge is 0.478 e. The Morgan fingerprint density at radius 2 is 2.05 bits per heavy atom. The molecule has 2 aromatic rings. The molecule has 0 unspecified atom stereocenters. The molecule has 0 saturated carbocycles. The van der Waals surface area contributed by atoms with Crippen molar-refractivity contribution in [1.29, 1.82) is 0 Å². The first kappa shape index (κ1) is 15.0. The average Bonchev–Trinajstić information content (AvgIpc) is 3.00. The van der Waals surface area contributed by atoms with Crippen LogP contribution in [-0.2, 0) is 13.1 Å². The maximum absolute atomic E-state index is 11.6. The van der Waals surface area contributed by atoms with Crippen molar-refractivity contribution in [2.45, 2.75) is 26.9 Å². The number of thiazole rings is 1. The van der Waals surface area contributed by atoms with Crippen molar-refractivity contribution < 1.29 is 19.1 Å². The van der Waals surface area contributed by atoms with Gasteiger partial charge in [-0.3, -0.25) is 0 Å². The maximum atomic E-state index is 11.6. The summed E-state index contributed by atoms with van der Waals surface area (Å²) < 4.78 is 5.26. The Morgan fingerprint density at radius 3 is 2.62 bits per heavy atom. The van der Waals surface area contributed by atoms with Crippen LogP contribution in [0.15, 0.2) is 16.7 Å². The number of carboxylic acids is 1. The first-order valence-corrected chi connectivity index (χ1v) is 7.03. The van der Waals surface area contributed by atoms with E-state index in [0.717, 1.165) is 9.88 Å². The summed E-state index contributed by atoms with van der Waals surface area (Å²) >= 11 is 1.52. The number of aromatic nitrogens is 1. The summed E-state index contributed by atoms with van der Waals surface area (Å²) in [4.78, 5) is 27.6. The van der Waals surface area contributed by atoms with E-state index < -0.39 is 5.97 Å². The topological polar surface area (TPSA) is 104 Å². The van der Waals surface area contributed by atoms with E-state index in [9.17, 15) is 9.59 Å². The number of hydrogen-bond donors (Lipinski definition) is 3. The molecule has 0 aliphatic heterocycles. The predicted molar refractivity (Wildman–Crippen MR) is 76.3 cm³/mol. The van der Waals surface area contributed by atoms with Crippen molar-refractivity contribution in [3.05, 3.63) is 39.2 Å². The van der Waals surface area contributed by atoms with Gasteiger partial charge in [-0.05, 0) is 19.9 Å². The molecular formula is C13H15N3O4S. The zero-order chi connectivity index (χ0) is 15.4. The summed E-state index contributed by atoms with van der Waals surface area (Å²) in [7, 11) is 0. The molecule has 2 rings (SSSR count). The van der Waals surface area contributed by atoms with Gasteiger partial charge >= 0.3 is 12.0 Å². The number of amides is 2. The SMILES string of the molecule is Cc1ncc(CNC(=O)NCc2cc(C(=O)O)c(C)o2)s1. The lowest BCUT2D eigenvalue weighted by molar-refractivity contribution is 0.0695. The van der Waals surface area contributed by atoms with Gasteiger partial charge < -0.3 is 20.2 Å². The fourth-order valence-electron chi connectivity index (χ4n) is 1.73. The van der Waals surface area contributed by atoms with Gasteiger partial charge in [0.2, 0.25) is 0 Å². The van der Waals surface area contributed by atoms with Crippen LogP contribution in [0.5, 0.6) is 0 Å². The molecule has 2 amide bonds. The van der Waals surface area contributed by atoms with Crippen LogP contribution in [0.25, 0.3) is 0 Å². The number of rotatable bonds is 5. The summed E-state index contributed by atoms with van der Waals surface area (Å²) in [6.45, 7) is 3.99. The molecule has 0 aromatic carbocycles. The normalized spacial score (nSPS) is 10.4. The third kappa shape index (κ3) is 4.06. The minimum Gasteiger partial charge on any atom is -0.478 e. The van der Waals surface area contributed by atoms with E-state index in [0.29, 0.717) is 18.1 Å². The van der Waals surface area contributed by atoms with Gasteiger partial charge in [0, 0.05) is 11.1 Å². The monoisotopic (exact) mass is 309 g/mol. The minimum absolute atomic E-state index is 0.104. The van der Waals surface area contributed by atoms with E-state index in [1.165, 1.54) is 17.4 Å². The number of urea groups is 1. The molecule has 21 heavy (non-hydrogen) atoms. The summed E-state index contributed by atoms with van der Waals surface area (Å²) in [6.07, 6.45) is 1.72. The summed E-state index contributed by atoms with van der Waals surface area (Å²) in [5.41, 5.74) is 0.104. The second kappa shape index (κ2) is 6.40. The lowest BCUT2D eigenvalue weighted by Gasteiger charge is -2.04. The lowest BCUT2D eigenvalue weighted by atomic mass is 10.2. The van der Waals surface area contributed by atoms with E-state index in [2.05, 4.69) is 15.6 Å². The Morgan fingerprint density at radius 1 is 1.33 bits per heavy atom. The van der Waals surface area contributed by atoms with Gasteiger partial charge in [0.15, 0.2) is 0 Å². The number of hydrogen-bond acceptors (Lipinski definition) is 5. The maximum Gasteiger partial charge on any atom is 0.339 e. The summed E-state index contributed by atoms with van der Waals surface area (Å²) in [5, 5.41) is 15.1. The Balaban J connectivity index is 1.81. The molecular weight excluding hydrogens is 294 g/mol. The molecule has 7 nitrogen and oxygen atoms in total. The highest BCUT2D eigenvalue weighted by Crippen LogP contribution is 2.14. The Kier molecular flexibility index (Phi) is 4.59. The van der Waals surface area contributed by atoms with E-state index >= 15 is 0 Å². The molecule has 0 aliphatic rings. The zero-order valence-corrected chi connectivity index (χ0v) is 12.4. The van der Waals surface area contributed by atoms with Crippen molar-refractivity contribution in [1.82, 2.24) is 15.6 Å². The quantitative estimate of drug-likeness (QED) is 0.784. The van der Waals surface area contributed by atoms with Crippen LogP contribution in [0.4, 0.5) is 4.79 Å². The predicted octanol–water partition coefficient (Wildman–Crippen LogP) is 2.05. The molecule has 8 heteroatoms. The van der Waals surface area contributed by atoms with E-state index in [1.807, 2.05) is 6.92 Å². The van der Waals surface area contributed by atoms with Crippen LogP contribution in [0.1, 0.15) is 31.8 Å². The number of nitrogens with zero attached hydrogens (tertiary/aromatic N) is 1. The highest BCUT2D eigenvalue weighted by molar-refractivity contribution is 7.11. The number of carboxylic acid groups (broad SMARTS) is 1. The fourth-order valence-corrected chi connectivity index (χ4v) is 2.46. The Hall–Kier alpha value is -2.35. The zero-order valence-electron chi connectivity index (χ0n) is 11.6. The van der Waals surface area contributed by atoms with Crippen molar-refractivity contribution in [3.63, 3.8) is 0 Å². The lowest BCUT2D eigenvalue weighted by Crippen LogP contribution is -2.34. The van der Waals surface area contributed by atoms with Crippen LogP contribution < -0.4 is 10.6 Å². The number of furan rings is 1. The number of nitrogens with one attached hydrogen (secondary N) is 2. The van der Waals surface area contributed by atoms with Gasteiger partial charge in [-0.2, -0.15) is 0 Å². The highest BCUT2D eigenvalue weighted by Gasteiger charge is 2.14.